The number of carboxylic acid groups (broad SMARTS) is 3. The molecule has 218 valence electrons. The van der Waals surface area contributed by atoms with Gasteiger partial charge in [-0.1, -0.05) is 0 Å². The highest BCUT2D eigenvalue weighted by molar-refractivity contribution is 5.94. The minimum atomic E-state index is -1.02. The summed E-state index contributed by atoms with van der Waals surface area (Å²) in [4.78, 5) is 54.0. The fraction of sp³-hybridized carbons (Fsp3) is 0.640. The summed E-state index contributed by atoms with van der Waals surface area (Å²) in [6, 6.07) is 3.10. The summed E-state index contributed by atoms with van der Waals surface area (Å²) >= 11 is 0. The number of carboxylic acids is 3. The molecule has 0 spiro atoms. The Kier molecular flexibility index (Phi) is 12.0. The Bertz CT molecular complexity index is 983. The lowest BCUT2D eigenvalue weighted by atomic mass is 10.1. The number of hydrogen-bond donors (Lipinski definition) is 5. The second kappa shape index (κ2) is 14.7. The van der Waals surface area contributed by atoms with Crippen LogP contribution in [0.2, 0.25) is 0 Å². The average molecular weight is 554 g/mol. The van der Waals surface area contributed by atoms with Gasteiger partial charge in [-0.15, -0.1) is 0 Å². The molecule has 1 aliphatic rings. The molecule has 1 amide bonds. The normalized spacial score (nSPS) is 17.6. The van der Waals surface area contributed by atoms with Crippen LogP contribution >= 0.6 is 0 Å². The van der Waals surface area contributed by atoms with Gasteiger partial charge in [0.1, 0.15) is 0 Å². The van der Waals surface area contributed by atoms with Gasteiger partial charge < -0.3 is 20.6 Å². The molecule has 2 rings (SSSR count). The van der Waals surface area contributed by atoms with Gasteiger partial charge in [-0.2, -0.15) is 0 Å². The van der Waals surface area contributed by atoms with Crippen LogP contribution in [0, 0.1) is 0 Å². The van der Waals surface area contributed by atoms with Crippen LogP contribution in [-0.4, -0.2) is 141 Å². The zero-order valence-electron chi connectivity index (χ0n) is 22.9. The SMILES string of the molecule is CC(C)(C)NC(=O)c1cc[n+](O)c(CN2CCN(CC(=O)O)CCN(CC(=O)O)CCN(CC(=O)O)CC2)c1. The van der Waals surface area contributed by atoms with Gasteiger partial charge in [0.2, 0.25) is 11.9 Å². The quantitative estimate of drug-likeness (QED) is 0.181. The number of aliphatic carboxylic acids is 3. The molecule has 1 aliphatic heterocycles. The zero-order chi connectivity index (χ0) is 29.2. The molecule has 0 aromatic carbocycles. The predicted molar refractivity (Wildman–Crippen MR) is 139 cm³/mol. The van der Waals surface area contributed by atoms with E-state index in [4.69, 9.17) is 0 Å². The van der Waals surface area contributed by atoms with Crippen molar-refractivity contribution in [3.63, 3.8) is 0 Å². The van der Waals surface area contributed by atoms with E-state index in [1.807, 2.05) is 25.7 Å². The molecule has 0 radical (unpaired) electrons. The largest absolute Gasteiger partial charge is 0.480 e. The van der Waals surface area contributed by atoms with E-state index in [1.54, 1.807) is 20.8 Å². The van der Waals surface area contributed by atoms with E-state index in [9.17, 15) is 39.7 Å². The van der Waals surface area contributed by atoms with Crippen LogP contribution in [0.5, 0.6) is 0 Å². The lowest BCUT2D eigenvalue weighted by Gasteiger charge is -2.32. The summed E-state index contributed by atoms with van der Waals surface area (Å²) in [6.45, 7) is 7.88. The molecule has 1 aromatic rings. The molecule has 14 heteroatoms. The van der Waals surface area contributed by atoms with Gasteiger partial charge in [-0.25, -0.2) is 0 Å². The summed E-state index contributed by atoms with van der Waals surface area (Å²) in [6.07, 6.45) is 1.38. The van der Waals surface area contributed by atoms with Gasteiger partial charge in [-0.3, -0.25) is 44.0 Å². The monoisotopic (exact) mass is 553 g/mol. The van der Waals surface area contributed by atoms with Crippen LogP contribution < -0.4 is 10.0 Å². The van der Waals surface area contributed by atoms with Gasteiger partial charge in [0.05, 0.1) is 31.7 Å². The van der Waals surface area contributed by atoms with E-state index in [2.05, 4.69) is 5.32 Å². The third kappa shape index (κ3) is 12.4. The van der Waals surface area contributed by atoms with E-state index < -0.39 is 23.4 Å². The first-order chi connectivity index (χ1) is 18.2. The van der Waals surface area contributed by atoms with Crippen LogP contribution in [0.15, 0.2) is 18.3 Å². The van der Waals surface area contributed by atoms with Crippen molar-refractivity contribution in [3.8, 4) is 0 Å². The van der Waals surface area contributed by atoms with Crippen LogP contribution in [0.4, 0.5) is 0 Å². The molecule has 1 saturated heterocycles. The molecule has 14 nitrogen and oxygen atoms in total. The number of hydrogen-bond acceptors (Lipinski definition) is 9. The fourth-order valence-corrected chi connectivity index (χ4v) is 4.23. The highest BCUT2D eigenvalue weighted by Gasteiger charge is 2.24. The molecular formula is C25H41N6O8+. The molecule has 0 saturated carbocycles. The second-order valence-corrected chi connectivity index (χ2v) is 10.7. The maximum absolute atomic E-state index is 12.7. The first-order valence-corrected chi connectivity index (χ1v) is 12.8. The highest BCUT2D eigenvalue weighted by Crippen LogP contribution is 2.09. The van der Waals surface area contributed by atoms with Gasteiger partial charge >= 0.3 is 17.9 Å². The number of nitrogens with zero attached hydrogens (tertiary/aromatic N) is 5. The summed E-state index contributed by atoms with van der Waals surface area (Å²) in [5.41, 5.74) is 0.365. The Morgan fingerprint density at radius 1 is 0.769 bits per heavy atom. The summed E-state index contributed by atoms with van der Waals surface area (Å²) in [7, 11) is 0. The van der Waals surface area contributed by atoms with Gasteiger partial charge in [0.15, 0.2) is 0 Å². The van der Waals surface area contributed by atoms with Crippen molar-refractivity contribution < 1.29 is 44.4 Å². The molecule has 0 unspecified atom stereocenters. The molecule has 1 fully saturated rings. The van der Waals surface area contributed by atoms with Gasteiger partial charge in [0.25, 0.3) is 5.91 Å². The number of aromatic nitrogens is 1. The van der Waals surface area contributed by atoms with Crippen molar-refractivity contribution in [2.45, 2.75) is 32.9 Å². The summed E-state index contributed by atoms with van der Waals surface area (Å²) in [5, 5.41) is 41.4. The number of carbonyl (C=O) groups excluding carboxylic acids is 1. The van der Waals surface area contributed by atoms with Crippen molar-refractivity contribution in [2.75, 3.05) is 72.0 Å². The smallest absolute Gasteiger partial charge is 0.317 e. The molecule has 2 heterocycles. The zero-order valence-corrected chi connectivity index (χ0v) is 22.9. The van der Waals surface area contributed by atoms with Crippen molar-refractivity contribution in [2.24, 2.45) is 0 Å². The standard InChI is InChI=1S/C25H40N6O8/c1-25(2,3)26-24(38)19-4-5-31(39)20(14-19)15-27-6-8-28(16-21(32)33)10-12-30(18-23(36)37)13-11-29(9-7-27)17-22(34)35/h4-5,14H,6-13,15-18H2,1-3H3,(H4-,26,32,33,34,35,36,37,38,39)/p+1. The topological polar surface area (TPSA) is 178 Å². The molecule has 0 bridgehead atoms. The van der Waals surface area contributed by atoms with Crippen LogP contribution in [0.3, 0.4) is 0 Å². The Morgan fingerprint density at radius 2 is 1.15 bits per heavy atom. The highest BCUT2D eigenvalue weighted by atomic mass is 16.5. The van der Waals surface area contributed by atoms with E-state index in [0.717, 1.165) is 4.73 Å². The third-order valence-electron chi connectivity index (χ3n) is 6.15. The number of amides is 1. The molecule has 39 heavy (non-hydrogen) atoms. The molecule has 0 atom stereocenters. The van der Waals surface area contributed by atoms with Crippen molar-refractivity contribution in [3.05, 3.63) is 29.6 Å². The first kappa shape index (κ1) is 31.9. The van der Waals surface area contributed by atoms with E-state index in [-0.39, 0.29) is 32.1 Å². The van der Waals surface area contributed by atoms with E-state index >= 15 is 0 Å². The Labute approximate surface area is 228 Å². The molecular weight excluding hydrogens is 512 g/mol. The van der Waals surface area contributed by atoms with Crippen LogP contribution in [0.1, 0.15) is 36.8 Å². The molecule has 5 N–H and O–H groups in total. The van der Waals surface area contributed by atoms with Gasteiger partial charge in [0, 0.05) is 74.8 Å². The fourth-order valence-electron chi connectivity index (χ4n) is 4.23. The van der Waals surface area contributed by atoms with Crippen LogP contribution in [0.25, 0.3) is 0 Å². The Hall–Kier alpha value is -3.33. The summed E-state index contributed by atoms with van der Waals surface area (Å²) in [5.74, 6) is -3.31. The van der Waals surface area contributed by atoms with Crippen molar-refractivity contribution >= 4 is 23.8 Å². The van der Waals surface area contributed by atoms with E-state index in [0.29, 0.717) is 63.6 Å². The summed E-state index contributed by atoms with van der Waals surface area (Å²) < 4.78 is 0.928. The first-order valence-electron chi connectivity index (χ1n) is 12.8. The van der Waals surface area contributed by atoms with Crippen molar-refractivity contribution in [1.29, 1.82) is 0 Å². The van der Waals surface area contributed by atoms with Crippen molar-refractivity contribution in [1.82, 2.24) is 24.9 Å². The molecule has 0 aliphatic carbocycles. The maximum atomic E-state index is 12.7. The lowest BCUT2D eigenvalue weighted by Crippen LogP contribution is -2.49. The van der Waals surface area contributed by atoms with Gasteiger partial charge in [-0.05, 0) is 20.8 Å². The number of carbonyl (C=O) groups is 4. The van der Waals surface area contributed by atoms with Crippen LogP contribution in [-0.2, 0) is 20.9 Å². The Morgan fingerprint density at radius 3 is 1.51 bits per heavy atom. The number of rotatable bonds is 9. The number of nitrogens with one attached hydrogen (secondary N) is 1. The average Bonchev–Trinajstić information content (AvgIpc) is 2.79. The maximum Gasteiger partial charge on any atom is 0.317 e. The predicted octanol–water partition coefficient (Wildman–Crippen LogP) is -1.28. The van der Waals surface area contributed by atoms with E-state index in [1.165, 1.54) is 12.3 Å². The second-order valence-electron chi connectivity index (χ2n) is 10.7. The number of pyridine rings is 1. The lowest BCUT2D eigenvalue weighted by molar-refractivity contribution is -0.910. The minimum absolute atomic E-state index is 0.220. The molecule has 1 aromatic heterocycles. The third-order valence-corrected chi connectivity index (χ3v) is 6.15. The Balaban J connectivity index is 2.27. The minimum Gasteiger partial charge on any atom is -0.480 e.